The normalized spacial score (nSPS) is 18.2. The minimum atomic E-state index is -1.15. The zero-order chi connectivity index (χ0) is 45.3. The molecule has 0 radical (unpaired) electrons. The summed E-state index contributed by atoms with van der Waals surface area (Å²) < 4.78 is 11.9. The number of carboxylic acid groups (broad SMARTS) is 1. The Morgan fingerprint density at radius 2 is 1.53 bits per heavy atom. The fourth-order valence-electron chi connectivity index (χ4n) is 8.49. The summed E-state index contributed by atoms with van der Waals surface area (Å²) in [6, 6.07) is 5.22. The number of nitrogens with two attached hydrogens (primary N) is 1. The van der Waals surface area contributed by atoms with Gasteiger partial charge in [-0.2, -0.15) is 0 Å². The van der Waals surface area contributed by atoms with Crippen LogP contribution in [0.1, 0.15) is 105 Å². The molecule has 340 valence electrons. The molecule has 0 spiro atoms. The maximum absolute atomic E-state index is 14.5. The molecule has 1 heterocycles. The van der Waals surface area contributed by atoms with E-state index in [9.17, 15) is 33.9 Å². The van der Waals surface area contributed by atoms with Crippen LogP contribution in [0.25, 0.3) is 0 Å². The molecule has 1 aromatic carbocycles. The van der Waals surface area contributed by atoms with Gasteiger partial charge in [0.05, 0.1) is 36.6 Å². The molecule has 15 nitrogen and oxygen atoms in total. The molecule has 0 aliphatic carbocycles. The Balaban J connectivity index is 2.27. The van der Waals surface area contributed by atoms with E-state index in [0.29, 0.717) is 45.2 Å². The molecule has 1 aliphatic heterocycles. The number of rotatable bonds is 26. The molecule has 0 bridgehead atoms. The second-order valence-electron chi connectivity index (χ2n) is 17.2. The minimum absolute atomic E-state index is 0.0544. The molecule has 2 rings (SSSR count). The second-order valence-corrected chi connectivity index (χ2v) is 17.2. The van der Waals surface area contributed by atoms with Crippen molar-refractivity contribution in [3.63, 3.8) is 0 Å². The molecule has 0 saturated carbocycles. The SMILES string of the molecule is CC[C@H](C)[C@@H]([C@@H](CC(=O)N1CCC[C@H]1[C@H](OC)C(C)C(=O)N[C@@H](Cc1ccccc1)C(=O)O)OC)N(C)C(=O)[C@@H](NC(=O)[C@H](C(C)C)N(C)C(=O)CCCCCN)C(C)C. The van der Waals surface area contributed by atoms with Crippen molar-refractivity contribution in [1.82, 2.24) is 25.3 Å². The van der Waals surface area contributed by atoms with Gasteiger partial charge < -0.3 is 45.6 Å². The van der Waals surface area contributed by atoms with Crippen molar-refractivity contribution in [2.24, 2.45) is 29.4 Å². The Morgan fingerprint density at radius 1 is 0.883 bits per heavy atom. The number of likely N-dealkylation sites (tertiary alicyclic amines) is 1. The third kappa shape index (κ3) is 14.5. The Labute approximate surface area is 358 Å². The van der Waals surface area contributed by atoms with Crippen LogP contribution >= 0.6 is 0 Å². The fourth-order valence-corrected chi connectivity index (χ4v) is 8.49. The lowest BCUT2D eigenvalue weighted by atomic mass is 9.89. The number of amides is 5. The van der Waals surface area contributed by atoms with Crippen molar-refractivity contribution in [3.05, 3.63) is 35.9 Å². The van der Waals surface area contributed by atoms with E-state index in [1.165, 1.54) is 19.1 Å². The van der Waals surface area contributed by atoms with Crippen LogP contribution in [-0.4, -0.2) is 139 Å². The molecular formula is C45H76N6O9. The summed E-state index contributed by atoms with van der Waals surface area (Å²) in [7, 11) is 6.31. The average molecular weight is 845 g/mol. The number of hydrogen-bond acceptors (Lipinski definition) is 9. The number of hydrogen-bond donors (Lipinski definition) is 4. The molecule has 15 heteroatoms. The van der Waals surface area contributed by atoms with Gasteiger partial charge in [0.2, 0.25) is 29.5 Å². The maximum Gasteiger partial charge on any atom is 0.326 e. The smallest absolute Gasteiger partial charge is 0.326 e. The van der Waals surface area contributed by atoms with E-state index in [-0.39, 0.29) is 48.3 Å². The number of nitrogens with one attached hydrogen (secondary N) is 2. The van der Waals surface area contributed by atoms with E-state index < -0.39 is 66.1 Å². The van der Waals surface area contributed by atoms with Crippen molar-refractivity contribution in [3.8, 4) is 0 Å². The van der Waals surface area contributed by atoms with Crippen LogP contribution in [0.2, 0.25) is 0 Å². The van der Waals surface area contributed by atoms with Gasteiger partial charge in [-0.05, 0) is 55.5 Å². The quantitative estimate of drug-likeness (QED) is 0.0994. The fraction of sp³-hybridized carbons (Fsp3) is 0.733. The summed E-state index contributed by atoms with van der Waals surface area (Å²) in [6.45, 7) is 14.1. The first-order valence-corrected chi connectivity index (χ1v) is 21.8. The van der Waals surface area contributed by atoms with Crippen LogP contribution in [-0.2, 0) is 44.7 Å². The van der Waals surface area contributed by atoms with Crippen LogP contribution in [0.5, 0.6) is 0 Å². The Morgan fingerprint density at radius 3 is 2.07 bits per heavy atom. The minimum Gasteiger partial charge on any atom is -0.480 e. The van der Waals surface area contributed by atoms with E-state index in [1.807, 2.05) is 59.7 Å². The monoisotopic (exact) mass is 845 g/mol. The number of benzene rings is 1. The molecule has 1 fully saturated rings. The average Bonchev–Trinajstić information content (AvgIpc) is 3.70. The zero-order valence-corrected chi connectivity index (χ0v) is 38.1. The third-order valence-electron chi connectivity index (χ3n) is 12.2. The Hall–Kier alpha value is -4.08. The van der Waals surface area contributed by atoms with Gasteiger partial charge in [-0.15, -0.1) is 0 Å². The summed E-state index contributed by atoms with van der Waals surface area (Å²) in [4.78, 5) is 86.2. The van der Waals surface area contributed by atoms with E-state index in [4.69, 9.17) is 15.2 Å². The first-order valence-electron chi connectivity index (χ1n) is 21.8. The Bertz CT molecular complexity index is 1530. The molecule has 1 aliphatic rings. The summed E-state index contributed by atoms with van der Waals surface area (Å²) in [5.41, 5.74) is 6.38. The van der Waals surface area contributed by atoms with Crippen LogP contribution in [0, 0.1) is 23.7 Å². The molecule has 1 saturated heterocycles. The lowest BCUT2D eigenvalue weighted by Crippen LogP contribution is -2.60. The van der Waals surface area contributed by atoms with E-state index in [2.05, 4.69) is 10.6 Å². The molecule has 9 atom stereocenters. The number of carbonyl (C=O) groups excluding carboxylic acids is 5. The number of likely N-dealkylation sites (N-methyl/N-ethyl adjacent to an activating group) is 2. The highest BCUT2D eigenvalue weighted by Crippen LogP contribution is 2.30. The lowest BCUT2D eigenvalue weighted by molar-refractivity contribution is -0.149. The molecule has 0 aromatic heterocycles. The Kier molecular flexibility index (Phi) is 22.2. The molecule has 1 aromatic rings. The van der Waals surface area contributed by atoms with E-state index in [1.54, 1.807) is 43.0 Å². The van der Waals surface area contributed by atoms with Gasteiger partial charge in [0.1, 0.15) is 18.1 Å². The lowest BCUT2D eigenvalue weighted by Gasteiger charge is -2.41. The highest BCUT2D eigenvalue weighted by atomic mass is 16.5. The highest BCUT2D eigenvalue weighted by Gasteiger charge is 2.43. The number of carbonyl (C=O) groups is 6. The first kappa shape index (κ1) is 52.1. The van der Waals surface area contributed by atoms with Crippen LogP contribution in [0.3, 0.4) is 0 Å². The molecule has 1 unspecified atom stereocenters. The van der Waals surface area contributed by atoms with Gasteiger partial charge in [0.25, 0.3) is 0 Å². The third-order valence-corrected chi connectivity index (χ3v) is 12.2. The van der Waals surface area contributed by atoms with Crippen LogP contribution in [0.4, 0.5) is 0 Å². The van der Waals surface area contributed by atoms with Crippen LogP contribution in [0.15, 0.2) is 30.3 Å². The van der Waals surface area contributed by atoms with E-state index >= 15 is 0 Å². The number of carboxylic acids is 1. The number of aliphatic carboxylic acids is 1. The van der Waals surface area contributed by atoms with Gasteiger partial charge in [-0.25, -0.2) is 4.79 Å². The predicted octanol–water partition coefficient (Wildman–Crippen LogP) is 3.86. The van der Waals surface area contributed by atoms with Gasteiger partial charge in [0, 0.05) is 47.7 Å². The highest BCUT2D eigenvalue weighted by molar-refractivity contribution is 5.92. The van der Waals surface area contributed by atoms with Gasteiger partial charge in [-0.3, -0.25) is 24.0 Å². The van der Waals surface area contributed by atoms with Crippen molar-refractivity contribution in [2.45, 2.75) is 149 Å². The molecular weight excluding hydrogens is 769 g/mol. The van der Waals surface area contributed by atoms with Crippen LogP contribution < -0.4 is 16.4 Å². The molecule has 5 N–H and O–H groups in total. The zero-order valence-electron chi connectivity index (χ0n) is 38.1. The first-order chi connectivity index (χ1) is 28.4. The summed E-state index contributed by atoms with van der Waals surface area (Å²) in [6.07, 6.45) is 3.21. The van der Waals surface area contributed by atoms with Crippen molar-refractivity contribution < 1.29 is 43.3 Å². The number of ether oxygens (including phenoxy) is 2. The summed E-state index contributed by atoms with van der Waals surface area (Å²) in [5, 5.41) is 15.6. The topological polar surface area (TPSA) is 201 Å². The van der Waals surface area contributed by atoms with Crippen molar-refractivity contribution >= 4 is 35.5 Å². The number of unbranched alkanes of at least 4 members (excludes halogenated alkanes) is 2. The van der Waals surface area contributed by atoms with Crippen molar-refractivity contribution in [1.29, 1.82) is 0 Å². The maximum atomic E-state index is 14.5. The predicted molar refractivity (Wildman–Crippen MR) is 232 cm³/mol. The molecule has 60 heavy (non-hydrogen) atoms. The standard InChI is InChI=1S/C45H76N6O9/c1-12-30(6)40(50(9)44(56)38(28(2)3)48-43(55)39(29(4)5)49(8)36(52)23-17-14-18-24-46)35(59-10)27-37(53)51-25-19-22-34(51)41(60-11)31(7)42(54)47-33(45(57)58)26-32-20-15-13-16-21-32/h13,15-16,20-21,28-31,33-35,38-41H,12,14,17-19,22-27,46H2,1-11H3,(H,47,54)(H,48,55)(H,57,58)/t30-,31?,33-,34-,35+,38-,39-,40-,41+/m0/s1. The molecule has 5 amide bonds. The second kappa shape index (κ2) is 25.6. The van der Waals surface area contributed by atoms with Gasteiger partial charge in [0.15, 0.2) is 0 Å². The largest absolute Gasteiger partial charge is 0.480 e. The summed E-state index contributed by atoms with van der Waals surface area (Å²) >= 11 is 0. The summed E-state index contributed by atoms with van der Waals surface area (Å²) in [5.74, 6) is -4.14. The number of nitrogens with zero attached hydrogens (tertiary/aromatic N) is 3. The van der Waals surface area contributed by atoms with Gasteiger partial charge >= 0.3 is 5.97 Å². The number of methoxy groups -OCH3 is 2. The van der Waals surface area contributed by atoms with Crippen molar-refractivity contribution in [2.75, 3.05) is 41.4 Å². The van der Waals surface area contributed by atoms with Gasteiger partial charge in [-0.1, -0.05) is 91.6 Å². The van der Waals surface area contributed by atoms with E-state index in [0.717, 1.165) is 18.4 Å².